The number of furan rings is 1. The van der Waals surface area contributed by atoms with Crippen molar-refractivity contribution < 1.29 is 18.7 Å². The SMILES string of the molecule is CCOC(=O)c1c(C)c2c(n1C)CC(c1ccco1)CC2=O. The Morgan fingerprint density at radius 2 is 2.23 bits per heavy atom. The molecule has 0 fully saturated rings. The smallest absolute Gasteiger partial charge is 0.355 e. The number of aromatic nitrogens is 1. The molecule has 0 N–H and O–H groups in total. The van der Waals surface area contributed by atoms with Crippen LogP contribution >= 0.6 is 0 Å². The molecule has 0 aromatic carbocycles. The van der Waals surface area contributed by atoms with Crippen molar-refractivity contribution in [1.29, 1.82) is 0 Å². The molecule has 116 valence electrons. The van der Waals surface area contributed by atoms with E-state index in [0.717, 1.165) is 17.0 Å². The molecule has 1 atom stereocenters. The quantitative estimate of drug-likeness (QED) is 0.818. The van der Waals surface area contributed by atoms with Gasteiger partial charge in [-0.05, 0) is 38.0 Å². The van der Waals surface area contributed by atoms with Crippen LogP contribution < -0.4 is 0 Å². The fourth-order valence-corrected chi connectivity index (χ4v) is 3.34. The number of ketones is 1. The molecule has 1 aliphatic carbocycles. The van der Waals surface area contributed by atoms with Crippen molar-refractivity contribution >= 4 is 11.8 Å². The van der Waals surface area contributed by atoms with E-state index in [2.05, 4.69) is 0 Å². The summed E-state index contributed by atoms with van der Waals surface area (Å²) in [4.78, 5) is 24.7. The largest absolute Gasteiger partial charge is 0.469 e. The Hall–Kier alpha value is -2.30. The lowest BCUT2D eigenvalue weighted by Gasteiger charge is -2.21. The predicted octanol–water partition coefficient (Wildman–Crippen LogP) is 3.02. The van der Waals surface area contributed by atoms with Crippen LogP contribution in [0.4, 0.5) is 0 Å². The topological polar surface area (TPSA) is 61.4 Å². The van der Waals surface area contributed by atoms with Crippen molar-refractivity contribution in [2.45, 2.75) is 32.6 Å². The van der Waals surface area contributed by atoms with Gasteiger partial charge in [-0.2, -0.15) is 0 Å². The zero-order chi connectivity index (χ0) is 15.9. The molecule has 0 aliphatic heterocycles. The van der Waals surface area contributed by atoms with E-state index in [1.54, 1.807) is 17.8 Å². The number of Topliss-reactive ketones (excluding diaryl/α,β-unsaturated/α-hetero) is 1. The van der Waals surface area contributed by atoms with Crippen LogP contribution in [-0.4, -0.2) is 22.9 Å². The van der Waals surface area contributed by atoms with Crippen molar-refractivity contribution in [3.05, 3.63) is 46.7 Å². The minimum absolute atomic E-state index is 0.0260. The Morgan fingerprint density at radius 1 is 1.45 bits per heavy atom. The molecule has 2 aromatic rings. The maximum Gasteiger partial charge on any atom is 0.355 e. The minimum atomic E-state index is -0.376. The molecule has 3 rings (SSSR count). The van der Waals surface area contributed by atoms with Gasteiger partial charge in [0.1, 0.15) is 11.5 Å². The second-order valence-corrected chi connectivity index (χ2v) is 5.62. The van der Waals surface area contributed by atoms with E-state index < -0.39 is 0 Å². The van der Waals surface area contributed by atoms with E-state index >= 15 is 0 Å². The third kappa shape index (κ3) is 2.17. The second kappa shape index (κ2) is 5.48. The fraction of sp³-hybridized carbons (Fsp3) is 0.412. The van der Waals surface area contributed by atoms with Crippen LogP contribution in [-0.2, 0) is 18.2 Å². The number of nitrogens with zero attached hydrogens (tertiary/aromatic N) is 1. The lowest BCUT2D eigenvalue weighted by Crippen LogP contribution is -2.20. The van der Waals surface area contributed by atoms with Crippen LogP contribution in [0.1, 0.15) is 57.1 Å². The van der Waals surface area contributed by atoms with Crippen LogP contribution in [0.5, 0.6) is 0 Å². The first-order valence-corrected chi connectivity index (χ1v) is 7.46. The molecule has 22 heavy (non-hydrogen) atoms. The molecule has 1 unspecified atom stereocenters. The molecule has 0 saturated carbocycles. The summed E-state index contributed by atoms with van der Waals surface area (Å²) in [6.07, 6.45) is 2.72. The highest BCUT2D eigenvalue weighted by atomic mass is 16.5. The van der Waals surface area contributed by atoms with Gasteiger partial charge in [-0.3, -0.25) is 4.79 Å². The molecular weight excluding hydrogens is 282 g/mol. The standard InChI is InChI=1S/C17H19NO4/c1-4-21-17(20)16-10(2)15-12(18(16)3)8-11(9-13(15)19)14-6-5-7-22-14/h5-7,11H,4,8-9H2,1-3H3. The van der Waals surface area contributed by atoms with Crippen LogP contribution in [0, 0.1) is 6.92 Å². The Kier molecular flexibility index (Phi) is 3.64. The molecule has 2 heterocycles. The third-order valence-corrected chi connectivity index (χ3v) is 4.32. The van der Waals surface area contributed by atoms with Gasteiger partial charge in [0.25, 0.3) is 0 Å². The van der Waals surface area contributed by atoms with Gasteiger partial charge in [0.05, 0.1) is 12.9 Å². The fourth-order valence-electron chi connectivity index (χ4n) is 3.34. The van der Waals surface area contributed by atoms with Gasteiger partial charge < -0.3 is 13.7 Å². The normalized spacial score (nSPS) is 17.4. The first-order valence-electron chi connectivity index (χ1n) is 7.46. The molecule has 1 aliphatic rings. The average Bonchev–Trinajstić information content (AvgIpc) is 3.07. The Balaban J connectivity index is 2.04. The molecule has 0 radical (unpaired) electrons. The second-order valence-electron chi connectivity index (χ2n) is 5.62. The molecule has 0 saturated heterocycles. The number of hydrogen-bond donors (Lipinski definition) is 0. The van der Waals surface area contributed by atoms with Gasteiger partial charge in [-0.15, -0.1) is 0 Å². The number of carbonyl (C=O) groups is 2. The molecular formula is C17H19NO4. The minimum Gasteiger partial charge on any atom is -0.469 e. The van der Waals surface area contributed by atoms with E-state index in [1.165, 1.54) is 0 Å². The summed E-state index contributed by atoms with van der Waals surface area (Å²) in [6.45, 7) is 3.90. The third-order valence-electron chi connectivity index (χ3n) is 4.32. The van der Waals surface area contributed by atoms with Gasteiger partial charge in [-0.25, -0.2) is 4.79 Å². The summed E-state index contributed by atoms with van der Waals surface area (Å²) >= 11 is 0. The summed E-state index contributed by atoms with van der Waals surface area (Å²) in [6, 6.07) is 3.72. The zero-order valence-corrected chi connectivity index (χ0v) is 13.0. The summed E-state index contributed by atoms with van der Waals surface area (Å²) in [5.41, 5.74) is 2.76. The lowest BCUT2D eigenvalue weighted by molar-refractivity contribution is 0.0514. The number of hydrogen-bond acceptors (Lipinski definition) is 4. The molecule has 0 bridgehead atoms. The van der Waals surface area contributed by atoms with Crippen LogP contribution in [0.15, 0.2) is 22.8 Å². The number of esters is 1. The summed E-state index contributed by atoms with van der Waals surface area (Å²) in [5.74, 6) is 0.527. The van der Waals surface area contributed by atoms with E-state index in [1.807, 2.05) is 26.1 Å². The highest BCUT2D eigenvalue weighted by Crippen LogP contribution is 2.36. The number of fused-ring (bicyclic) bond motifs is 1. The first kappa shape index (κ1) is 14.6. The predicted molar refractivity (Wildman–Crippen MR) is 80.2 cm³/mol. The van der Waals surface area contributed by atoms with Crippen molar-refractivity contribution in [3.63, 3.8) is 0 Å². The lowest BCUT2D eigenvalue weighted by atomic mass is 9.84. The van der Waals surface area contributed by atoms with Gasteiger partial charge in [0.2, 0.25) is 0 Å². The van der Waals surface area contributed by atoms with Crippen molar-refractivity contribution in [3.8, 4) is 0 Å². The number of carbonyl (C=O) groups excluding carboxylic acids is 2. The van der Waals surface area contributed by atoms with Crippen molar-refractivity contribution in [2.75, 3.05) is 6.61 Å². The van der Waals surface area contributed by atoms with Gasteiger partial charge in [0.15, 0.2) is 5.78 Å². The Morgan fingerprint density at radius 3 is 2.86 bits per heavy atom. The van der Waals surface area contributed by atoms with Gasteiger partial charge >= 0.3 is 5.97 Å². The van der Waals surface area contributed by atoms with Crippen LogP contribution in [0.2, 0.25) is 0 Å². The first-order chi connectivity index (χ1) is 10.5. The Labute approximate surface area is 128 Å². The number of ether oxygens (including phenoxy) is 1. The van der Waals surface area contributed by atoms with Gasteiger partial charge in [0, 0.05) is 30.6 Å². The van der Waals surface area contributed by atoms with Crippen LogP contribution in [0.25, 0.3) is 0 Å². The van der Waals surface area contributed by atoms with Gasteiger partial charge in [-0.1, -0.05) is 0 Å². The van der Waals surface area contributed by atoms with E-state index in [-0.39, 0.29) is 17.7 Å². The average molecular weight is 301 g/mol. The maximum atomic E-state index is 12.6. The molecule has 5 nitrogen and oxygen atoms in total. The molecule has 5 heteroatoms. The Bertz CT molecular complexity index is 724. The number of rotatable bonds is 3. The summed E-state index contributed by atoms with van der Waals surface area (Å²) in [5, 5.41) is 0. The van der Waals surface area contributed by atoms with E-state index in [0.29, 0.717) is 30.7 Å². The van der Waals surface area contributed by atoms with E-state index in [9.17, 15) is 9.59 Å². The van der Waals surface area contributed by atoms with E-state index in [4.69, 9.17) is 9.15 Å². The summed E-state index contributed by atoms with van der Waals surface area (Å²) in [7, 11) is 1.82. The van der Waals surface area contributed by atoms with Crippen LogP contribution in [0.3, 0.4) is 0 Å². The molecule has 0 amide bonds. The highest BCUT2D eigenvalue weighted by molar-refractivity contribution is 6.04. The summed E-state index contributed by atoms with van der Waals surface area (Å²) < 4.78 is 12.4. The molecule has 2 aromatic heterocycles. The maximum absolute atomic E-state index is 12.6. The van der Waals surface area contributed by atoms with Crippen molar-refractivity contribution in [2.24, 2.45) is 7.05 Å². The highest BCUT2D eigenvalue weighted by Gasteiger charge is 2.35. The monoisotopic (exact) mass is 301 g/mol. The zero-order valence-electron chi connectivity index (χ0n) is 13.0. The molecule has 0 spiro atoms. The van der Waals surface area contributed by atoms with Crippen molar-refractivity contribution in [1.82, 2.24) is 4.57 Å².